The number of hydrogen-bond acceptors (Lipinski definition) is 15. The van der Waals surface area contributed by atoms with Crippen molar-refractivity contribution < 1.29 is 0 Å². The Balaban J connectivity index is 0.000000120. The van der Waals surface area contributed by atoms with Crippen LogP contribution in [0.2, 0.25) is 0 Å². The number of aromatic nitrogens is 9. The highest BCUT2D eigenvalue weighted by Gasteiger charge is 2.20. The van der Waals surface area contributed by atoms with Gasteiger partial charge in [0.1, 0.15) is 0 Å². The second-order valence-electron chi connectivity index (χ2n) is 35.1. The molecule has 10 aromatic heterocycles. The van der Waals surface area contributed by atoms with E-state index in [2.05, 4.69) is 420 Å². The van der Waals surface area contributed by atoms with Crippen molar-refractivity contribution in [2.24, 2.45) is 0 Å². The summed E-state index contributed by atoms with van der Waals surface area (Å²) >= 11 is 11.3. The fourth-order valence-electron chi connectivity index (χ4n) is 16.1. The largest absolute Gasteiger partial charge is 0.236 e. The number of nitrogens with zero attached hydrogens (tertiary/aromatic N) is 9. The summed E-state index contributed by atoms with van der Waals surface area (Å²) < 4.78 is 0. The van der Waals surface area contributed by atoms with E-state index in [1.165, 1.54) is 175 Å². The van der Waals surface area contributed by atoms with E-state index in [9.17, 15) is 0 Å². The summed E-state index contributed by atoms with van der Waals surface area (Å²) in [7, 11) is 0. The molecule has 0 unspecified atom stereocenters. The molecule has 0 fully saturated rings. The first-order valence-corrected chi connectivity index (χ1v) is 50.9. The van der Waals surface area contributed by atoms with Crippen molar-refractivity contribution in [2.75, 3.05) is 0 Å². The molecule has 0 atom stereocenters. The van der Waals surface area contributed by atoms with Crippen molar-refractivity contribution in [3.05, 3.63) is 448 Å². The zero-order chi connectivity index (χ0) is 94.9. The van der Waals surface area contributed by atoms with E-state index in [-0.39, 0.29) is 0 Å². The Kier molecular flexibility index (Phi) is 27.9. The second kappa shape index (κ2) is 41.7. The van der Waals surface area contributed by atoms with E-state index in [0.717, 1.165) is 50.1 Å². The smallest absolute Gasteiger partial charge is 0.164 e. The molecule has 0 N–H and O–H groups in total. The molecule has 0 spiro atoms. The van der Waals surface area contributed by atoms with Gasteiger partial charge in [-0.3, -0.25) is 0 Å². The number of thiophene rings is 6. The van der Waals surface area contributed by atoms with E-state index in [1.54, 1.807) is 37.2 Å². The van der Waals surface area contributed by atoms with Crippen LogP contribution in [0.15, 0.2) is 383 Å². The average Bonchev–Trinajstić information content (AvgIpc) is 1.61. The molecule has 22 aromatic rings. The topological polar surface area (TPSA) is 116 Å². The molecular formula is C123H99N9S6. The van der Waals surface area contributed by atoms with Gasteiger partial charge in [-0.05, 0) is 311 Å². The molecule has 9 nitrogen and oxygen atoms in total. The van der Waals surface area contributed by atoms with Gasteiger partial charge in [0.05, 0.1) is 0 Å². The molecule has 0 saturated carbocycles. The summed E-state index contributed by atoms with van der Waals surface area (Å²) in [5, 5.41) is 0. The van der Waals surface area contributed by atoms with E-state index >= 15 is 0 Å². The molecule has 0 aliphatic carbocycles. The monoisotopic (exact) mass is 1890 g/mol. The predicted octanol–water partition coefficient (Wildman–Crippen LogP) is 35.4. The van der Waals surface area contributed by atoms with Crippen LogP contribution in [0, 0.1) is 83.1 Å². The second-order valence-corrected chi connectivity index (χ2v) is 42.2. The Morgan fingerprint density at radius 2 is 0.283 bits per heavy atom. The number of benzene rings is 12. The summed E-state index contributed by atoms with van der Waals surface area (Å²) in [6, 6.07) is 125. The maximum atomic E-state index is 4.75. The third kappa shape index (κ3) is 22.4. The molecule has 0 aliphatic rings. The maximum absolute atomic E-state index is 4.75. The minimum Gasteiger partial charge on any atom is -0.236 e. The van der Waals surface area contributed by atoms with Crippen LogP contribution in [0.4, 0.5) is 0 Å². The lowest BCUT2D eigenvalue weighted by Gasteiger charge is -2.13. The quantitative estimate of drug-likeness (QED) is 0.0828. The van der Waals surface area contributed by atoms with Crippen LogP contribution in [0.5, 0.6) is 0 Å². The minimum atomic E-state index is 0.642. The van der Waals surface area contributed by atoms with Crippen molar-refractivity contribution >= 4 is 68.0 Å². The highest BCUT2D eigenvalue weighted by molar-refractivity contribution is 7.25. The van der Waals surface area contributed by atoms with Crippen LogP contribution < -0.4 is 0 Å². The Morgan fingerprint density at radius 1 is 0.123 bits per heavy atom. The molecule has 15 heteroatoms. The highest BCUT2D eigenvalue weighted by atomic mass is 32.1. The maximum Gasteiger partial charge on any atom is 0.164 e. The zero-order valence-corrected chi connectivity index (χ0v) is 83.7. The third-order valence-corrected chi connectivity index (χ3v) is 30.9. The van der Waals surface area contributed by atoms with Crippen LogP contribution >= 0.6 is 68.0 Å². The lowest BCUT2D eigenvalue weighted by molar-refractivity contribution is 1.07. The van der Waals surface area contributed by atoms with Gasteiger partial charge in [0, 0.05) is 129 Å². The Bertz CT molecular complexity index is 6990. The van der Waals surface area contributed by atoms with Gasteiger partial charge in [-0.25, -0.2) is 44.9 Å². The molecule has 0 saturated heterocycles. The number of hydrogen-bond donors (Lipinski definition) is 0. The first-order chi connectivity index (χ1) is 67.1. The van der Waals surface area contributed by atoms with Gasteiger partial charge >= 0.3 is 0 Å². The van der Waals surface area contributed by atoms with Crippen molar-refractivity contribution in [3.8, 4) is 196 Å². The first kappa shape index (κ1) is 92.2. The molecule has 12 aromatic carbocycles. The molecular weight excluding hydrogens is 1800 g/mol. The van der Waals surface area contributed by atoms with Crippen molar-refractivity contribution in [3.63, 3.8) is 0 Å². The van der Waals surface area contributed by atoms with Crippen molar-refractivity contribution in [1.29, 1.82) is 0 Å². The zero-order valence-electron chi connectivity index (χ0n) is 78.8. The van der Waals surface area contributed by atoms with Crippen LogP contribution in [0.25, 0.3) is 196 Å². The summed E-state index contributed by atoms with van der Waals surface area (Å²) in [6.45, 7) is 25.0. The van der Waals surface area contributed by atoms with Crippen molar-refractivity contribution in [2.45, 2.75) is 83.1 Å². The van der Waals surface area contributed by atoms with E-state index in [1.807, 2.05) is 107 Å². The van der Waals surface area contributed by atoms with Gasteiger partial charge in [-0.2, -0.15) is 0 Å². The first-order valence-electron chi connectivity index (χ1n) is 46.0. The van der Waals surface area contributed by atoms with Gasteiger partial charge < -0.3 is 0 Å². The molecule has 0 bridgehead atoms. The lowest BCUT2D eigenvalue weighted by Crippen LogP contribution is -2.00. The molecule has 138 heavy (non-hydrogen) atoms. The Morgan fingerprint density at radius 3 is 0.486 bits per heavy atom. The van der Waals surface area contributed by atoms with E-state index < -0.39 is 0 Å². The van der Waals surface area contributed by atoms with E-state index in [0.29, 0.717) is 34.9 Å². The normalized spacial score (nSPS) is 11.0. The number of aryl methyl sites for hydroxylation is 12. The summed E-state index contributed by atoms with van der Waals surface area (Å²) in [6.07, 6.45) is 10.8. The Labute approximate surface area is 832 Å². The van der Waals surface area contributed by atoms with Crippen LogP contribution in [-0.2, 0) is 0 Å². The molecule has 672 valence electrons. The number of rotatable bonds is 18. The van der Waals surface area contributed by atoms with Crippen LogP contribution in [0.3, 0.4) is 0 Å². The fraction of sp³-hybridized carbons (Fsp3) is 0.0976. The Hall–Kier alpha value is -14.9. The van der Waals surface area contributed by atoms with Gasteiger partial charge in [-0.1, -0.05) is 252 Å². The molecule has 0 radical (unpaired) electrons. The fourth-order valence-corrected chi connectivity index (χ4v) is 21.9. The lowest BCUT2D eigenvalue weighted by atomic mass is 9.91. The molecule has 22 rings (SSSR count). The average molecular weight is 1900 g/mol. The van der Waals surface area contributed by atoms with Gasteiger partial charge in [0.2, 0.25) is 0 Å². The summed E-state index contributed by atoms with van der Waals surface area (Å²) in [5.74, 6) is 4.00. The van der Waals surface area contributed by atoms with Crippen molar-refractivity contribution in [1.82, 2.24) is 44.9 Å². The highest BCUT2D eigenvalue weighted by Crippen LogP contribution is 2.47. The van der Waals surface area contributed by atoms with Gasteiger partial charge in [0.25, 0.3) is 0 Å². The summed E-state index contributed by atoms with van der Waals surface area (Å²) in [4.78, 5) is 57.1. The predicted molar refractivity (Wildman–Crippen MR) is 588 cm³/mol. The third-order valence-electron chi connectivity index (χ3n) is 23.9. The molecule has 10 heterocycles. The minimum absolute atomic E-state index is 0.642. The van der Waals surface area contributed by atoms with Gasteiger partial charge in [0.15, 0.2) is 34.9 Å². The standard InChI is InChI=1S/C45H36.C33H24S6.C24H21N3.C21H18N6/c1-31-4-10-34(11-5-31)37-16-22-40(23-17-37)43-28-44(41-24-18-38(19-25-41)35-12-6-32(2)7-13-35)30-45(29-43)42-26-20-39(21-27-42)36-14-8-33(3)9-15-36;1-19-4-7-28(34-19)31-13-10-25(37-31)22-16-23(26-11-14-32(38-26)29-8-5-20(2)35-29)18-24(17-22)27-12-15-33(39-27)30-9-6-21(3)36-30;1-16-4-10-19(11-5-16)22-25-23(20-12-6-17(2)7-13-20)27-24(26-22)21-14-8-18(3)9-15-21;1-13-7-22-19(23-8-13)16-4-17(20-24-9-14(2)10-25-20)6-18(5-16)21-26-11-15(3)12-27-21/h4-30H,1-3H3;4-18H,1-3H3;4-15H,1-3H3;4-12H,1-3H3. The molecule has 0 aliphatic heterocycles. The SMILES string of the molecule is Cc1ccc(-c2ccc(-c3cc(-c4ccc(-c5ccc(C)cc5)cc4)cc(-c4ccc(-c5ccc(C)cc5)cc4)c3)cc2)cc1.Cc1ccc(-c2ccc(-c3cc(-c4ccc(-c5ccc(C)s5)s4)cc(-c4ccc(-c5ccc(C)s5)s4)c3)s2)s1.Cc1ccc(-c2nc(-c3ccc(C)cc3)nc(-c3ccc(C)cc3)n2)cc1.Cc1cnc(-c2cc(-c3ncc(C)cn3)cc(-c3ncc(C)cn3)c2)nc1. The van der Waals surface area contributed by atoms with E-state index in [4.69, 9.17) is 15.0 Å². The van der Waals surface area contributed by atoms with Crippen LogP contribution in [-0.4, -0.2) is 44.9 Å². The van der Waals surface area contributed by atoms with Crippen LogP contribution in [0.1, 0.15) is 64.7 Å². The van der Waals surface area contributed by atoms with Gasteiger partial charge in [-0.15, -0.1) is 68.0 Å². The molecule has 0 amide bonds. The summed E-state index contributed by atoms with van der Waals surface area (Å²) in [5.41, 5.74) is 34.6.